The molecule has 1 spiro atoms. The van der Waals surface area contributed by atoms with Crippen molar-refractivity contribution in [2.75, 3.05) is 35.8 Å². The lowest BCUT2D eigenvalue weighted by Gasteiger charge is -2.37. The summed E-state index contributed by atoms with van der Waals surface area (Å²) in [6.45, 7) is 7.24. The van der Waals surface area contributed by atoms with Crippen LogP contribution in [0.4, 0.5) is 17.1 Å². The van der Waals surface area contributed by atoms with Crippen molar-refractivity contribution in [1.82, 2.24) is 4.90 Å². The third-order valence-corrected chi connectivity index (χ3v) is 17.3. The third-order valence-electron chi connectivity index (χ3n) is 13.0. The standard InChI is InChI=1S/C49H52N4O7Si/c1-32-45(61(3,4)40-23-21-39(59-2)22-24-40)43(29-44(55)52-26-12-19-38(52)31-54)60-49(32)41-28-37(51-47(57)35-16-9-6-10-17-35)20-25-42(41)53(48(49)58)30-33-13-11-18-36(27-33)50-46(56)34-14-7-5-8-15-34/h5-11,13-18,20-25,27-28,32,38,43,45,54H,12,19,26,29-31H2,1-4H3,(H,50,56)(H,51,57)/t32-,38+,43+,45-,49+/m1/s1. The van der Waals surface area contributed by atoms with Gasteiger partial charge in [-0.1, -0.05) is 85.9 Å². The maximum absolute atomic E-state index is 15.6. The first-order chi connectivity index (χ1) is 29.4. The van der Waals surface area contributed by atoms with Crippen LogP contribution in [0, 0.1) is 5.92 Å². The van der Waals surface area contributed by atoms with Crippen LogP contribution in [0.5, 0.6) is 5.75 Å². The second-order valence-corrected chi connectivity index (χ2v) is 21.6. The number of amides is 4. The van der Waals surface area contributed by atoms with Gasteiger partial charge in [0.05, 0.1) is 52.6 Å². The fourth-order valence-electron chi connectivity index (χ4n) is 9.91. The molecule has 2 fully saturated rings. The molecule has 0 aliphatic carbocycles. The molecule has 0 bridgehead atoms. The molecule has 3 N–H and O–H groups in total. The number of ether oxygens (including phenoxy) is 2. The lowest BCUT2D eigenvalue weighted by molar-refractivity contribution is -0.150. The number of hydrogen-bond donors (Lipinski definition) is 3. The number of nitrogens with one attached hydrogen (secondary N) is 2. The molecule has 12 heteroatoms. The maximum Gasteiger partial charge on any atom is 0.264 e. The zero-order valence-electron chi connectivity index (χ0n) is 35.0. The SMILES string of the molecule is COc1ccc([Si](C)(C)[C@H]2[C@H](CC(=O)N3CCC[C@H]3CO)O[C@@]3(C(=O)N(Cc4cccc(NC(=O)c5ccccc5)c4)c4ccc(NC(=O)c5ccccc5)cc43)[C@@H]2C)cc1. The van der Waals surface area contributed by atoms with Gasteiger partial charge < -0.3 is 35.0 Å². The van der Waals surface area contributed by atoms with E-state index >= 15 is 4.79 Å². The first kappa shape index (κ1) is 41.6. The zero-order valence-corrected chi connectivity index (χ0v) is 36.0. The van der Waals surface area contributed by atoms with Gasteiger partial charge in [0.1, 0.15) is 5.75 Å². The van der Waals surface area contributed by atoms with E-state index in [4.69, 9.17) is 9.47 Å². The topological polar surface area (TPSA) is 138 Å². The molecule has 4 amide bonds. The minimum Gasteiger partial charge on any atom is -0.497 e. The molecule has 0 saturated carbocycles. The summed E-state index contributed by atoms with van der Waals surface area (Å²) in [5.41, 5.74) is 2.46. The van der Waals surface area contributed by atoms with Gasteiger partial charge in [0.25, 0.3) is 17.7 Å². The molecule has 0 radical (unpaired) electrons. The molecule has 5 aromatic carbocycles. The summed E-state index contributed by atoms with van der Waals surface area (Å²) < 4.78 is 12.8. The molecule has 8 rings (SSSR count). The van der Waals surface area contributed by atoms with Crippen LogP contribution in [0.3, 0.4) is 0 Å². The van der Waals surface area contributed by atoms with Gasteiger partial charge in [0, 0.05) is 40.5 Å². The van der Waals surface area contributed by atoms with Gasteiger partial charge in [-0.3, -0.25) is 19.2 Å². The van der Waals surface area contributed by atoms with Crippen molar-refractivity contribution in [2.24, 2.45) is 5.92 Å². The molecule has 0 unspecified atom stereocenters. The molecule has 314 valence electrons. The number of hydrogen-bond acceptors (Lipinski definition) is 7. The van der Waals surface area contributed by atoms with Crippen molar-refractivity contribution in [1.29, 1.82) is 0 Å². The highest BCUT2D eigenvalue weighted by atomic mass is 28.3. The third kappa shape index (κ3) is 7.87. The molecule has 3 aliphatic rings. The number of benzene rings is 5. The Labute approximate surface area is 357 Å². The summed E-state index contributed by atoms with van der Waals surface area (Å²) in [7, 11) is -0.962. The lowest BCUT2D eigenvalue weighted by Crippen LogP contribution is -2.52. The number of anilines is 3. The van der Waals surface area contributed by atoms with E-state index in [2.05, 4.69) is 42.8 Å². The first-order valence-corrected chi connectivity index (χ1v) is 24.0. The Hall–Kier alpha value is -6.08. The minimum absolute atomic E-state index is 0.0516. The van der Waals surface area contributed by atoms with Gasteiger partial charge >= 0.3 is 0 Å². The number of aliphatic hydroxyl groups excluding tert-OH is 1. The summed E-state index contributed by atoms with van der Waals surface area (Å²) in [5.74, 6) is -0.559. The number of likely N-dealkylation sites (tertiary alicyclic amines) is 1. The fraction of sp³-hybridized carbons (Fsp3) is 0.306. The Kier molecular flexibility index (Phi) is 11.7. The lowest BCUT2D eigenvalue weighted by atomic mass is 9.82. The van der Waals surface area contributed by atoms with E-state index in [0.29, 0.717) is 40.3 Å². The normalized spacial score (nSPS) is 22.0. The van der Waals surface area contributed by atoms with E-state index in [1.807, 2.05) is 72.8 Å². The van der Waals surface area contributed by atoms with Crippen LogP contribution in [0.25, 0.3) is 0 Å². The molecule has 5 aromatic rings. The van der Waals surface area contributed by atoms with E-state index in [1.165, 1.54) is 0 Å². The maximum atomic E-state index is 15.6. The first-order valence-electron chi connectivity index (χ1n) is 21.0. The number of carbonyl (C=O) groups excluding carboxylic acids is 4. The summed E-state index contributed by atoms with van der Waals surface area (Å²) in [4.78, 5) is 60.0. The number of carbonyl (C=O) groups is 4. The second kappa shape index (κ2) is 17.1. The van der Waals surface area contributed by atoms with E-state index in [0.717, 1.165) is 29.3 Å². The molecule has 5 atom stereocenters. The number of rotatable bonds is 12. The largest absolute Gasteiger partial charge is 0.497 e. The van der Waals surface area contributed by atoms with Crippen LogP contribution in [0.15, 0.2) is 127 Å². The number of methoxy groups -OCH3 is 1. The molecule has 0 aromatic heterocycles. The van der Waals surface area contributed by atoms with Gasteiger partial charge in [-0.15, -0.1) is 0 Å². The minimum atomic E-state index is -2.60. The van der Waals surface area contributed by atoms with E-state index in [-0.39, 0.29) is 54.8 Å². The highest BCUT2D eigenvalue weighted by Gasteiger charge is 2.66. The Morgan fingerprint density at radius 2 is 1.48 bits per heavy atom. The molecule has 11 nitrogen and oxygen atoms in total. The van der Waals surface area contributed by atoms with Crippen LogP contribution in [-0.4, -0.2) is 74.1 Å². The smallest absolute Gasteiger partial charge is 0.264 e. The van der Waals surface area contributed by atoms with Gasteiger partial charge in [0.15, 0.2) is 5.60 Å². The van der Waals surface area contributed by atoms with E-state index in [1.54, 1.807) is 59.4 Å². The van der Waals surface area contributed by atoms with Crippen LogP contribution in [0.1, 0.15) is 58.0 Å². The summed E-state index contributed by atoms with van der Waals surface area (Å²) in [6.07, 6.45) is 0.963. The quantitative estimate of drug-likeness (QED) is 0.112. The van der Waals surface area contributed by atoms with Crippen molar-refractivity contribution in [3.63, 3.8) is 0 Å². The average molecular weight is 837 g/mol. The van der Waals surface area contributed by atoms with Crippen molar-refractivity contribution in [2.45, 2.75) is 69.1 Å². The van der Waals surface area contributed by atoms with Gasteiger partial charge in [0.2, 0.25) is 5.91 Å². The van der Waals surface area contributed by atoms with Crippen LogP contribution in [0.2, 0.25) is 18.6 Å². The van der Waals surface area contributed by atoms with E-state index in [9.17, 15) is 19.5 Å². The molecule has 61 heavy (non-hydrogen) atoms. The second-order valence-electron chi connectivity index (χ2n) is 16.9. The number of fused-ring (bicyclic) bond motifs is 2. The Bertz CT molecular complexity index is 2430. The van der Waals surface area contributed by atoms with Crippen molar-refractivity contribution in [3.05, 3.63) is 150 Å². The summed E-state index contributed by atoms with van der Waals surface area (Å²) >= 11 is 0. The monoisotopic (exact) mass is 836 g/mol. The van der Waals surface area contributed by atoms with Gasteiger partial charge in [-0.05, 0) is 90.7 Å². The number of aliphatic hydroxyl groups is 1. The zero-order chi connectivity index (χ0) is 42.9. The summed E-state index contributed by atoms with van der Waals surface area (Å²) in [5, 5.41) is 17.3. The van der Waals surface area contributed by atoms with Crippen LogP contribution < -0.4 is 25.5 Å². The predicted molar refractivity (Wildman–Crippen MR) is 239 cm³/mol. The Morgan fingerprint density at radius 3 is 2.10 bits per heavy atom. The predicted octanol–water partition coefficient (Wildman–Crippen LogP) is 7.34. The molecular formula is C49H52N4O7Si. The average Bonchev–Trinajstić information content (AvgIpc) is 3.94. The Balaban J connectivity index is 1.20. The Morgan fingerprint density at radius 1 is 0.836 bits per heavy atom. The van der Waals surface area contributed by atoms with Gasteiger partial charge in [-0.2, -0.15) is 0 Å². The highest BCUT2D eigenvalue weighted by Crippen LogP contribution is 2.60. The van der Waals surface area contributed by atoms with Crippen molar-refractivity contribution >= 4 is 54.0 Å². The van der Waals surface area contributed by atoms with Crippen molar-refractivity contribution < 1.29 is 33.8 Å². The van der Waals surface area contributed by atoms with E-state index < -0.39 is 25.7 Å². The van der Waals surface area contributed by atoms with Crippen molar-refractivity contribution in [3.8, 4) is 5.75 Å². The fourth-order valence-corrected chi connectivity index (χ4v) is 13.9. The number of nitrogens with zero attached hydrogens (tertiary/aromatic N) is 2. The highest BCUT2D eigenvalue weighted by molar-refractivity contribution is 6.91. The van der Waals surface area contributed by atoms with Gasteiger partial charge in [-0.25, -0.2) is 0 Å². The molecule has 3 aliphatic heterocycles. The molecule has 3 heterocycles. The molecule has 2 saturated heterocycles. The van der Waals surface area contributed by atoms with Crippen LogP contribution in [-0.2, 0) is 26.5 Å². The summed E-state index contributed by atoms with van der Waals surface area (Å²) in [6, 6.07) is 38.7. The molecular weight excluding hydrogens is 785 g/mol. The van der Waals surface area contributed by atoms with Crippen LogP contribution >= 0.6 is 0 Å².